The van der Waals surface area contributed by atoms with E-state index >= 15 is 0 Å². The quantitative estimate of drug-likeness (QED) is 0.141. The first-order valence-electron chi connectivity index (χ1n) is 14.9. The monoisotopic (exact) mass is 609 g/mol. The van der Waals surface area contributed by atoms with Gasteiger partial charge in [-0.25, -0.2) is 8.78 Å². The van der Waals surface area contributed by atoms with Crippen LogP contribution in [-0.4, -0.2) is 54.7 Å². The first-order valence-corrected chi connectivity index (χ1v) is 14.9. The SMILES string of the molecule is CCOC(=O)CCCNC(=O)c1cc(C)cc(C(=O)N[C@@H](Cc2cc(F)cc(F)c2)[C@@H](O)CNCc2cccc(CC)c2)c1. The van der Waals surface area contributed by atoms with Crippen molar-refractivity contribution < 1.29 is 33.0 Å². The van der Waals surface area contributed by atoms with Crippen LogP contribution in [0, 0.1) is 18.6 Å². The number of hydrogen-bond acceptors (Lipinski definition) is 6. The third-order valence-corrected chi connectivity index (χ3v) is 6.99. The highest BCUT2D eigenvalue weighted by Gasteiger charge is 2.24. The Morgan fingerprint density at radius 1 is 0.886 bits per heavy atom. The van der Waals surface area contributed by atoms with E-state index in [1.54, 1.807) is 26.0 Å². The van der Waals surface area contributed by atoms with E-state index in [2.05, 4.69) is 28.9 Å². The second-order valence-corrected chi connectivity index (χ2v) is 10.7. The van der Waals surface area contributed by atoms with Gasteiger partial charge in [0.1, 0.15) is 11.6 Å². The lowest BCUT2D eigenvalue weighted by atomic mass is 9.99. The summed E-state index contributed by atoms with van der Waals surface area (Å²) in [7, 11) is 0. The number of carbonyl (C=O) groups is 3. The predicted octanol–water partition coefficient (Wildman–Crippen LogP) is 4.40. The van der Waals surface area contributed by atoms with Gasteiger partial charge in [0.15, 0.2) is 0 Å². The van der Waals surface area contributed by atoms with Crippen LogP contribution in [0.3, 0.4) is 0 Å². The lowest BCUT2D eigenvalue weighted by molar-refractivity contribution is -0.143. The summed E-state index contributed by atoms with van der Waals surface area (Å²) in [5.41, 5.74) is 3.60. The van der Waals surface area contributed by atoms with Crippen LogP contribution in [0.25, 0.3) is 0 Å². The van der Waals surface area contributed by atoms with Gasteiger partial charge in [-0.15, -0.1) is 0 Å². The largest absolute Gasteiger partial charge is 0.466 e. The van der Waals surface area contributed by atoms with E-state index < -0.39 is 35.6 Å². The summed E-state index contributed by atoms with van der Waals surface area (Å²) >= 11 is 0. The van der Waals surface area contributed by atoms with E-state index in [0.29, 0.717) is 25.1 Å². The Labute approximate surface area is 257 Å². The highest BCUT2D eigenvalue weighted by molar-refractivity contribution is 6.00. The molecule has 0 unspecified atom stereocenters. The minimum atomic E-state index is -1.10. The summed E-state index contributed by atoms with van der Waals surface area (Å²) in [5.74, 6) is -2.82. The van der Waals surface area contributed by atoms with Crippen molar-refractivity contribution in [3.63, 3.8) is 0 Å². The number of amides is 2. The Morgan fingerprint density at radius 2 is 1.57 bits per heavy atom. The molecule has 0 bridgehead atoms. The van der Waals surface area contributed by atoms with Gasteiger partial charge in [-0.2, -0.15) is 0 Å². The molecule has 0 aliphatic carbocycles. The molecule has 0 radical (unpaired) electrons. The number of rotatable bonds is 16. The van der Waals surface area contributed by atoms with Crippen LogP contribution in [0.15, 0.2) is 60.7 Å². The molecular weight excluding hydrogens is 568 g/mol. The number of nitrogens with one attached hydrogen (secondary N) is 3. The summed E-state index contributed by atoms with van der Waals surface area (Å²) < 4.78 is 32.8. The molecule has 0 aromatic heterocycles. The zero-order valence-electron chi connectivity index (χ0n) is 25.4. The molecule has 0 aliphatic heterocycles. The molecule has 3 aromatic rings. The lowest BCUT2D eigenvalue weighted by Crippen LogP contribution is -2.48. The first kappa shape index (κ1) is 34.3. The van der Waals surface area contributed by atoms with Crippen LogP contribution in [-0.2, 0) is 28.9 Å². The molecule has 0 fully saturated rings. The van der Waals surface area contributed by atoms with Crippen molar-refractivity contribution in [3.8, 4) is 0 Å². The number of aliphatic hydroxyl groups excluding tert-OH is 1. The molecule has 0 heterocycles. The molecule has 236 valence electrons. The topological polar surface area (TPSA) is 117 Å². The third-order valence-electron chi connectivity index (χ3n) is 6.99. The van der Waals surface area contributed by atoms with E-state index in [4.69, 9.17) is 4.74 Å². The zero-order chi connectivity index (χ0) is 32.1. The highest BCUT2D eigenvalue weighted by atomic mass is 19.1. The molecule has 44 heavy (non-hydrogen) atoms. The molecule has 0 spiro atoms. The Kier molecular flexibility index (Phi) is 13.4. The molecule has 10 heteroatoms. The summed E-state index contributed by atoms with van der Waals surface area (Å²) in [6.07, 6.45) is 0.337. The Balaban J connectivity index is 1.70. The minimum absolute atomic E-state index is 0.0335. The van der Waals surface area contributed by atoms with Crippen LogP contribution >= 0.6 is 0 Å². The number of esters is 1. The minimum Gasteiger partial charge on any atom is -0.466 e. The van der Waals surface area contributed by atoms with Crippen LogP contribution in [0.2, 0.25) is 0 Å². The van der Waals surface area contributed by atoms with E-state index in [-0.39, 0.29) is 48.6 Å². The second-order valence-electron chi connectivity index (χ2n) is 10.7. The van der Waals surface area contributed by atoms with Gasteiger partial charge in [0, 0.05) is 43.2 Å². The van der Waals surface area contributed by atoms with E-state index in [9.17, 15) is 28.3 Å². The van der Waals surface area contributed by atoms with Gasteiger partial charge < -0.3 is 25.8 Å². The number of carbonyl (C=O) groups excluding carboxylic acids is 3. The summed E-state index contributed by atoms with van der Waals surface area (Å²) in [5, 5.41) is 19.8. The van der Waals surface area contributed by atoms with Crippen molar-refractivity contribution >= 4 is 17.8 Å². The normalized spacial score (nSPS) is 12.3. The smallest absolute Gasteiger partial charge is 0.305 e. The Morgan fingerprint density at radius 3 is 2.25 bits per heavy atom. The number of ether oxygens (including phenoxy) is 1. The van der Waals surface area contributed by atoms with Crippen molar-refractivity contribution in [1.82, 2.24) is 16.0 Å². The maximum absolute atomic E-state index is 13.9. The molecule has 8 nitrogen and oxygen atoms in total. The number of aliphatic hydroxyl groups is 1. The summed E-state index contributed by atoms with van der Waals surface area (Å²) in [4.78, 5) is 37.7. The molecule has 3 aromatic carbocycles. The average molecular weight is 610 g/mol. The maximum atomic E-state index is 13.9. The fourth-order valence-electron chi connectivity index (χ4n) is 4.80. The number of aryl methyl sites for hydroxylation is 2. The van der Waals surface area contributed by atoms with Gasteiger partial charge in [-0.1, -0.05) is 31.2 Å². The maximum Gasteiger partial charge on any atom is 0.305 e. The fraction of sp³-hybridized carbons (Fsp3) is 0.382. The van der Waals surface area contributed by atoms with Crippen LogP contribution in [0.4, 0.5) is 8.78 Å². The zero-order valence-corrected chi connectivity index (χ0v) is 25.4. The van der Waals surface area contributed by atoms with Crippen LogP contribution in [0.1, 0.15) is 69.7 Å². The van der Waals surface area contributed by atoms with Gasteiger partial charge in [0.2, 0.25) is 0 Å². The van der Waals surface area contributed by atoms with Gasteiger partial charge in [0.05, 0.1) is 18.8 Å². The first-order chi connectivity index (χ1) is 21.1. The fourth-order valence-corrected chi connectivity index (χ4v) is 4.80. The van der Waals surface area contributed by atoms with E-state index in [0.717, 1.165) is 30.2 Å². The Bertz CT molecular complexity index is 1410. The molecule has 2 atom stereocenters. The summed E-state index contributed by atoms with van der Waals surface area (Å²) in [6, 6.07) is 14.9. The predicted molar refractivity (Wildman–Crippen MR) is 164 cm³/mol. The Hall–Kier alpha value is -4.15. The van der Waals surface area contributed by atoms with Crippen molar-refractivity contribution in [2.45, 2.75) is 65.1 Å². The van der Waals surface area contributed by atoms with Gasteiger partial charge in [-0.3, -0.25) is 14.4 Å². The molecule has 3 rings (SSSR count). The average Bonchev–Trinajstić information content (AvgIpc) is 2.98. The highest BCUT2D eigenvalue weighted by Crippen LogP contribution is 2.15. The van der Waals surface area contributed by atoms with Crippen molar-refractivity contribution in [3.05, 3.63) is 106 Å². The van der Waals surface area contributed by atoms with Crippen molar-refractivity contribution in [1.29, 1.82) is 0 Å². The molecule has 0 aliphatic rings. The molecule has 4 N–H and O–H groups in total. The molecule has 0 saturated heterocycles. The van der Waals surface area contributed by atoms with Gasteiger partial charge >= 0.3 is 5.97 Å². The number of hydrogen-bond donors (Lipinski definition) is 4. The van der Waals surface area contributed by atoms with E-state index in [1.165, 1.54) is 11.6 Å². The number of halogens is 2. The van der Waals surface area contributed by atoms with Crippen LogP contribution in [0.5, 0.6) is 0 Å². The standard InChI is InChI=1S/C34H41F2N3O5/c1-4-23-8-6-9-24(14-23)20-37-21-31(40)30(17-25-15-28(35)19-29(36)16-25)39-34(43)27-13-22(3)12-26(18-27)33(42)38-11-7-10-32(41)44-5-2/h6,8-9,12-16,18-19,30-31,37,40H,4-5,7,10-11,17,20-21H2,1-3H3,(H,38,42)(H,39,43)/t30-,31-/m0/s1. The molecule has 2 amide bonds. The van der Waals surface area contributed by atoms with Gasteiger partial charge in [0.25, 0.3) is 11.8 Å². The second kappa shape index (κ2) is 17.2. The number of benzene rings is 3. The lowest BCUT2D eigenvalue weighted by Gasteiger charge is -2.25. The van der Waals surface area contributed by atoms with Crippen LogP contribution < -0.4 is 16.0 Å². The molecule has 0 saturated carbocycles. The third kappa shape index (κ3) is 11.2. The van der Waals surface area contributed by atoms with Gasteiger partial charge in [-0.05, 0) is 85.7 Å². The van der Waals surface area contributed by atoms with Crippen molar-refractivity contribution in [2.24, 2.45) is 0 Å². The summed E-state index contributed by atoms with van der Waals surface area (Å²) in [6.45, 7) is 6.66. The van der Waals surface area contributed by atoms with Crippen molar-refractivity contribution in [2.75, 3.05) is 19.7 Å². The van der Waals surface area contributed by atoms with E-state index in [1.807, 2.05) is 18.2 Å². The molecular formula is C34H41F2N3O5.